The van der Waals surface area contributed by atoms with Crippen LogP contribution in [0.5, 0.6) is 0 Å². The number of fused-ring (bicyclic) bond motifs is 1. The van der Waals surface area contributed by atoms with E-state index in [9.17, 15) is 19.7 Å². The summed E-state index contributed by atoms with van der Waals surface area (Å²) in [5.41, 5.74) is 4.62. The number of hydrogen-bond acceptors (Lipinski definition) is 8. The minimum atomic E-state index is -0.487. The van der Waals surface area contributed by atoms with E-state index in [1.54, 1.807) is 18.2 Å². The minimum absolute atomic E-state index is 0.0221. The number of aromatic nitrogens is 1. The number of nitro groups is 1. The Morgan fingerprint density at radius 2 is 2.07 bits per heavy atom. The molecule has 4 rings (SSSR count). The Labute approximate surface area is 173 Å². The van der Waals surface area contributed by atoms with Crippen molar-refractivity contribution >= 4 is 52.1 Å². The van der Waals surface area contributed by atoms with E-state index < -0.39 is 10.3 Å². The molecule has 2 heterocycles. The number of hydrazine groups is 1. The lowest BCUT2D eigenvalue weighted by molar-refractivity contribution is -0.384. The molecule has 0 radical (unpaired) electrons. The summed E-state index contributed by atoms with van der Waals surface area (Å²) >= 11 is 2.47. The van der Waals surface area contributed by atoms with Gasteiger partial charge in [0.05, 0.1) is 16.4 Å². The number of nitro benzene ring substituents is 1. The molecule has 1 aromatic heterocycles. The lowest BCUT2D eigenvalue weighted by Crippen LogP contribution is -2.45. The minimum Gasteiger partial charge on any atom is -0.431 e. The van der Waals surface area contributed by atoms with Crippen molar-refractivity contribution in [3.8, 4) is 0 Å². The third kappa shape index (κ3) is 4.20. The van der Waals surface area contributed by atoms with Crippen LogP contribution in [-0.2, 0) is 9.59 Å². The summed E-state index contributed by atoms with van der Waals surface area (Å²) in [6.45, 7) is 0. The third-order valence-corrected chi connectivity index (χ3v) is 6.14. The fraction of sp³-hybridized carbons (Fsp3) is 0.167. The molecule has 0 bridgehead atoms. The van der Waals surface area contributed by atoms with Crippen molar-refractivity contribution in [2.75, 3.05) is 11.5 Å². The van der Waals surface area contributed by atoms with E-state index in [1.165, 1.54) is 28.9 Å². The molecule has 0 aliphatic carbocycles. The summed E-state index contributed by atoms with van der Waals surface area (Å²) in [7, 11) is 0. The summed E-state index contributed by atoms with van der Waals surface area (Å²) < 4.78 is 5.56. The molecular weight excluding hydrogens is 416 g/mol. The van der Waals surface area contributed by atoms with Crippen molar-refractivity contribution in [3.05, 3.63) is 64.2 Å². The molecule has 3 aromatic rings. The average molecular weight is 430 g/mol. The van der Waals surface area contributed by atoms with Gasteiger partial charge in [0.2, 0.25) is 5.91 Å². The quantitative estimate of drug-likeness (QED) is 0.360. The fourth-order valence-corrected chi connectivity index (χ4v) is 4.50. The molecule has 1 aliphatic heterocycles. The fourth-order valence-electron chi connectivity index (χ4n) is 2.76. The number of carbonyl (C=O) groups excluding carboxylic acids is 2. The molecule has 9 nitrogen and oxygen atoms in total. The van der Waals surface area contributed by atoms with Gasteiger partial charge >= 0.3 is 0 Å². The van der Waals surface area contributed by atoms with Gasteiger partial charge in [-0.3, -0.25) is 25.1 Å². The van der Waals surface area contributed by atoms with Crippen LogP contribution in [0.15, 0.2) is 58.2 Å². The predicted octanol–water partition coefficient (Wildman–Crippen LogP) is 3.13. The molecule has 0 saturated carbocycles. The van der Waals surface area contributed by atoms with Crippen molar-refractivity contribution < 1.29 is 18.9 Å². The van der Waals surface area contributed by atoms with Crippen LogP contribution in [-0.4, -0.2) is 38.2 Å². The highest BCUT2D eigenvalue weighted by Gasteiger charge is 2.34. The lowest BCUT2D eigenvalue weighted by Gasteiger charge is -2.24. The first kappa shape index (κ1) is 19.3. The summed E-state index contributed by atoms with van der Waals surface area (Å²) in [5.74, 6) is -0.382. The van der Waals surface area contributed by atoms with Crippen LogP contribution >= 0.6 is 23.5 Å². The number of hydrogen-bond donors (Lipinski definition) is 1. The van der Waals surface area contributed by atoms with E-state index in [4.69, 9.17) is 4.42 Å². The number of non-ortho nitro benzene ring substituents is 1. The van der Waals surface area contributed by atoms with Gasteiger partial charge in [0.15, 0.2) is 5.58 Å². The van der Waals surface area contributed by atoms with Crippen LogP contribution < -0.4 is 5.43 Å². The van der Waals surface area contributed by atoms with Crippen molar-refractivity contribution in [1.82, 2.24) is 15.4 Å². The first-order chi connectivity index (χ1) is 14.0. The Morgan fingerprint density at radius 3 is 2.79 bits per heavy atom. The summed E-state index contributed by atoms with van der Waals surface area (Å²) in [6.07, 6.45) is 0. The van der Waals surface area contributed by atoms with Gasteiger partial charge in [-0.25, -0.2) is 9.99 Å². The molecular formula is C18H14N4O5S2. The van der Waals surface area contributed by atoms with Crippen molar-refractivity contribution in [3.63, 3.8) is 0 Å². The Balaban J connectivity index is 1.40. The van der Waals surface area contributed by atoms with Crippen LogP contribution in [0.1, 0.15) is 10.9 Å². The number of benzene rings is 2. The molecule has 1 aliphatic rings. The molecule has 0 spiro atoms. The van der Waals surface area contributed by atoms with Crippen LogP contribution in [0.2, 0.25) is 0 Å². The molecule has 1 N–H and O–H groups in total. The maximum Gasteiger partial charge on any atom is 0.269 e. The number of amides is 2. The molecule has 1 saturated heterocycles. The number of carbonyl (C=O) groups is 2. The maximum absolute atomic E-state index is 12.4. The molecule has 1 atom stereocenters. The van der Waals surface area contributed by atoms with E-state index in [-0.39, 0.29) is 29.0 Å². The first-order valence-corrected chi connectivity index (χ1v) is 10.5. The van der Waals surface area contributed by atoms with Gasteiger partial charge in [0.1, 0.15) is 10.9 Å². The molecule has 2 aromatic carbocycles. The molecule has 1 unspecified atom stereocenters. The average Bonchev–Trinajstić information content (AvgIpc) is 3.30. The second-order valence-electron chi connectivity index (χ2n) is 6.05. The number of nitrogens with zero attached hydrogens (tertiary/aromatic N) is 3. The lowest BCUT2D eigenvalue weighted by atomic mass is 10.2. The number of thioether (sulfide) groups is 2. The normalized spacial score (nSPS) is 16.3. The zero-order valence-electron chi connectivity index (χ0n) is 14.8. The molecule has 11 heteroatoms. The second-order valence-corrected chi connectivity index (χ2v) is 8.04. The number of para-hydroxylation sites is 2. The van der Waals surface area contributed by atoms with Gasteiger partial charge in [-0.05, 0) is 29.8 Å². The maximum atomic E-state index is 12.4. The standard InChI is InChI=1S/C18H14N4O5S2/c23-15(9-29-18-19-13-3-1-2-4-14(13)27-18)20-21-16(24)10-28-17(21)11-5-7-12(8-6-11)22(25)26/h1-8,17H,9-10H2,(H,20,23). The SMILES string of the molecule is O=C(CSc1nc2ccccc2o1)NN1C(=O)CSC1c1ccc([N+](=O)[O-])cc1. The monoisotopic (exact) mass is 430 g/mol. The Bertz CT molecular complexity index is 1050. The number of oxazole rings is 1. The van der Waals surface area contributed by atoms with E-state index in [0.717, 1.165) is 11.8 Å². The zero-order valence-corrected chi connectivity index (χ0v) is 16.4. The summed E-state index contributed by atoms with van der Waals surface area (Å²) in [6, 6.07) is 13.2. The van der Waals surface area contributed by atoms with Gasteiger partial charge in [-0.15, -0.1) is 11.8 Å². The van der Waals surface area contributed by atoms with Gasteiger partial charge in [-0.1, -0.05) is 23.9 Å². The third-order valence-electron chi connectivity index (χ3n) is 4.10. The van der Waals surface area contributed by atoms with E-state index >= 15 is 0 Å². The van der Waals surface area contributed by atoms with Crippen molar-refractivity contribution in [2.24, 2.45) is 0 Å². The highest BCUT2D eigenvalue weighted by molar-refractivity contribution is 8.00. The van der Waals surface area contributed by atoms with Crippen LogP contribution in [0, 0.1) is 10.1 Å². The van der Waals surface area contributed by atoms with Gasteiger partial charge in [-0.2, -0.15) is 0 Å². The highest BCUT2D eigenvalue weighted by atomic mass is 32.2. The van der Waals surface area contributed by atoms with Gasteiger partial charge in [0.25, 0.3) is 16.8 Å². The van der Waals surface area contributed by atoms with E-state index in [0.29, 0.717) is 21.9 Å². The smallest absolute Gasteiger partial charge is 0.269 e. The van der Waals surface area contributed by atoms with Crippen LogP contribution in [0.3, 0.4) is 0 Å². The van der Waals surface area contributed by atoms with E-state index in [2.05, 4.69) is 10.4 Å². The topological polar surface area (TPSA) is 119 Å². The zero-order chi connectivity index (χ0) is 20.4. The number of rotatable bonds is 6. The predicted molar refractivity (Wildman–Crippen MR) is 108 cm³/mol. The first-order valence-electron chi connectivity index (χ1n) is 8.47. The Kier molecular flexibility index (Phi) is 5.41. The highest BCUT2D eigenvalue weighted by Crippen LogP contribution is 2.37. The van der Waals surface area contributed by atoms with Crippen molar-refractivity contribution in [2.45, 2.75) is 10.6 Å². The Morgan fingerprint density at radius 1 is 1.31 bits per heavy atom. The number of nitrogens with one attached hydrogen (secondary N) is 1. The second kappa shape index (κ2) is 8.13. The van der Waals surface area contributed by atoms with Crippen LogP contribution in [0.4, 0.5) is 5.69 Å². The van der Waals surface area contributed by atoms with Crippen molar-refractivity contribution in [1.29, 1.82) is 0 Å². The largest absolute Gasteiger partial charge is 0.431 e. The van der Waals surface area contributed by atoms with Gasteiger partial charge < -0.3 is 4.42 Å². The Hall–Kier alpha value is -3.05. The molecule has 148 valence electrons. The van der Waals surface area contributed by atoms with E-state index in [1.807, 2.05) is 18.2 Å². The molecule has 1 fully saturated rings. The summed E-state index contributed by atoms with van der Waals surface area (Å²) in [5, 5.41) is 12.0. The van der Waals surface area contributed by atoms with Crippen LogP contribution in [0.25, 0.3) is 11.1 Å². The molecule has 29 heavy (non-hydrogen) atoms. The van der Waals surface area contributed by atoms with Gasteiger partial charge in [0, 0.05) is 12.1 Å². The summed E-state index contributed by atoms with van der Waals surface area (Å²) in [4.78, 5) is 39.2. The molecule has 2 amide bonds.